The first-order valence-corrected chi connectivity index (χ1v) is 6.14. The number of rotatable bonds is 6. The SMILES string of the molecule is CCCNc1ncc(C)c(NC(C)C(=O)NC)n1. The van der Waals surface area contributed by atoms with Gasteiger partial charge in [0, 0.05) is 25.4 Å². The van der Waals surface area contributed by atoms with Crippen molar-refractivity contribution >= 4 is 17.7 Å². The van der Waals surface area contributed by atoms with Gasteiger partial charge in [0.2, 0.25) is 11.9 Å². The van der Waals surface area contributed by atoms with Gasteiger partial charge >= 0.3 is 0 Å². The van der Waals surface area contributed by atoms with Crippen LogP contribution in [0.15, 0.2) is 6.20 Å². The summed E-state index contributed by atoms with van der Waals surface area (Å²) in [6.45, 7) is 6.60. The standard InChI is InChI=1S/C12H21N5O/c1-5-6-14-12-15-7-8(2)10(17-12)16-9(3)11(18)13-4/h7,9H,5-6H2,1-4H3,(H,13,18)(H2,14,15,16,17). The number of carbonyl (C=O) groups is 1. The highest BCUT2D eigenvalue weighted by molar-refractivity contribution is 5.83. The van der Waals surface area contributed by atoms with Crippen molar-refractivity contribution in [3.05, 3.63) is 11.8 Å². The Labute approximate surface area is 108 Å². The highest BCUT2D eigenvalue weighted by Crippen LogP contribution is 2.13. The molecule has 0 radical (unpaired) electrons. The molecule has 0 aliphatic heterocycles. The number of aromatic nitrogens is 2. The van der Waals surface area contributed by atoms with Crippen LogP contribution in [0.3, 0.4) is 0 Å². The molecule has 1 rings (SSSR count). The monoisotopic (exact) mass is 251 g/mol. The number of aryl methyl sites for hydroxylation is 1. The van der Waals surface area contributed by atoms with Crippen molar-refractivity contribution in [1.82, 2.24) is 15.3 Å². The molecule has 0 aliphatic rings. The fraction of sp³-hybridized carbons (Fsp3) is 0.583. The highest BCUT2D eigenvalue weighted by atomic mass is 16.2. The van der Waals surface area contributed by atoms with Gasteiger partial charge in [-0.1, -0.05) is 6.92 Å². The molecule has 6 nitrogen and oxygen atoms in total. The molecule has 1 atom stereocenters. The van der Waals surface area contributed by atoms with Crippen LogP contribution in [0, 0.1) is 6.92 Å². The van der Waals surface area contributed by atoms with Gasteiger partial charge in [-0.05, 0) is 20.3 Å². The van der Waals surface area contributed by atoms with Crippen molar-refractivity contribution in [2.75, 3.05) is 24.2 Å². The van der Waals surface area contributed by atoms with Crippen molar-refractivity contribution in [1.29, 1.82) is 0 Å². The minimum atomic E-state index is -0.331. The van der Waals surface area contributed by atoms with Gasteiger partial charge in [-0.2, -0.15) is 4.98 Å². The van der Waals surface area contributed by atoms with E-state index in [-0.39, 0.29) is 11.9 Å². The summed E-state index contributed by atoms with van der Waals surface area (Å²) in [5, 5.41) is 8.78. The summed E-state index contributed by atoms with van der Waals surface area (Å²) in [5.74, 6) is 1.19. The number of carbonyl (C=O) groups excluding carboxylic acids is 1. The number of nitrogens with one attached hydrogen (secondary N) is 3. The van der Waals surface area contributed by atoms with Crippen LogP contribution in [0.5, 0.6) is 0 Å². The zero-order valence-corrected chi connectivity index (χ0v) is 11.4. The number of hydrogen-bond acceptors (Lipinski definition) is 5. The molecule has 1 heterocycles. The molecule has 0 saturated heterocycles. The van der Waals surface area contributed by atoms with E-state index < -0.39 is 0 Å². The number of nitrogens with zero attached hydrogens (tertiary/aromatic N) is 2. The molecular weight excluding hydrogens is 230 g/mol. The van der Waals surface area contributed by atoms with Crippen LogP contribution in [-0.2, 0) is 4.79 Å². The average Bonchev–Trinajstić information content (AvgIpc) is 2.38. The molecule has 0 aliphatic carbocycles. The second-order valence-corrected chi connectivity index (χ2v) is 4.13. The third-order valence-electron chi connectivity index (χ3n) is 2.50. The Morgan fingerprint density at radius 1 is 1.50 bits per heavy atom. The molecule has 1 amide bonds. The number of likely N-dealkylation sites (N-methyl/N-ethyl adjacent to an activating group) is 1. The maximum atomic E-state index is 11.5. The lowest BCUT2D eigenvalue weighted by molar-refractivity contribution is -0.121. The highest BCUT2D eigenvalue weighted by Gasteiger charge is 2.13. The van der Waals surface area contributed by atoms with Crippen LogP contribution >= 0.6 is 0 Å². The van der Waals surface area contributed by atoms with E-state index in [9.17, 15) is 4.79 Å². The van der Waals surface area contributed by atoms with Gasteiger partial charge < -0.3 is 16.0 Å². The summed E-state index contributed by atoms with van der Waals surface area (Å²) in [6, 6.07) is -0.331. The number of amides is 1. The van der Waals surface area contributed by atoms with E-state index in [1.807, 2.05) is 6.92 Å². The smallest absolute Gasteiger partial charge is 0.241 e. The second kappa shape index (κ2) is 6.78. The molecule has 1 aromatic rings. The normalized spacial score (nSPS) is 11.8. The summed E-state index contributed by atoms with van der Waals surface area (Å²) in [7, 11) is 1.61. The van der Waals surface area contributed by atoms with Crippen molar-refractivity contribution in [3.63, 3.8) is 0 Å². The van der Waals surface area contributed by atoms with Crippen LogP contribution in [0.25, 0.3) is 0 Å². The fourth-order valence-corrected chi connectivity index (χ4v) is 1.40. The third kappa shape index (κ3) is 3.87. The summed E-state index contributed by atoms with van der Waals surface area (Å²) >= 11 is 0. The molecule has 3 N–H and O–H groups in total. The Kier molecular flexibility index (Phi) is 5.35. The van der Waals surface area contributed by atoms with Gasteiger partial charge in [0.15, 0.2) is 0 Å². The van der Waals surface area contributed by atoms with Crippen molar-refractivity contribution in [3.8, 4) is 0 Å². The van der Waals surface area contributed by atoms with E-state index in [2.05, 4.69) is 32.8 Å². The first-order chi connectivity index (χ1) is 8.58. The number of anilines is 2. The van der Waals surface area contributed by atoms with Crippen LogP contribution < -0.4 is 16.0 Å². The predicted octanol–water partition coefficient (Wildman–Crippen LogP) is 1.15. The van der Waals surface area contributed by atoms with E-state index >= 15 is 0 Å². The van der Waals surface area contributed by atoms with Crippen molar-refractivity contribution in [2.24, 2.45) is 0 Å². The molecule has 0 aromatic carbocycles. The quantitative estimate of drug-likeness (QED) is 0.707. The molecule has 0 spiro atoms. The van der Waals surface area contributed by atoms with Crippen LogP contribution in [0.1, 0.15) is 25.8 Å². The van der Waals surface area contributed by atoms with Crippen molar-refractivity contribution in [2.45, 2.75) is 33.2 Å². The zero-order valence-electron chi connectivity index (χ0n) is 11.4. The molecule has 1 unspecified atom stereocenters. The number of hydrogen-bond donors (Lipinski definition) is 3. The lowest BCUT2D eigenvalue weighted by Crippen LogP contribution is -2.35. The average molecular weight is 251 g/mol. The Morgan fingerprint density at radius 3 is 2.83 bits per heavy atom. The maximum Gasteiger partial charge on any atom is 0.241 e. The van der Waals surface area contributed by atoms with Crippen LogP contribution in [0.4, 0.5) is 11.8 Å². The largest absolute Gasteiger partial charge is 0.358 e. The van der Waals surface area contributed by atoms with Gasteiger partial charge in [-0.15, -0.1) is 0 Å². The molecule has 0 saturated carbocycles. The van der Waals surface area contributed by atoms with Gasteiger partial charge in [-0.3, -0.25) is 4.79 Å². The van der Waals surface area contributed by atoms with Gasteiger partial charge in [0.05, 0.1) is 0 Å². The Balaban J connectivity index is 2.77. The Bertz CT molecular complexity index is 407. The van der Waals surface area contributed by atoms with E-state index in [0.29, 0.717) is 11.8 Å². The van der Waals surface area contributed by atoms with Gasteiger partial charge in [0.25, 0.3) is 0 Å². The molecule has 0 bridgehead atoms. The van der Waals surface area contributed by atoms with Gasteiger partial charge in [-0.25, -0.2) is 4.98 Å². The van der Waals surface area contributed by atoms with Crippen LogP contribution in [-0.4, -0.2) is 35.5 Å². The van der Waals surface area contributed by atoms with Crippen LogP contribution in [0.2, 0.25) is 0 Å². The summed E-state index contributed by atoms with van der Waals surface area (Å²) in [5.41, 5.74) is 0.910. The topological polar surface area (TPSA) is 78.9 Å². The van der Waals surface area contributed by atoms with E-state index in [0.717, 1.165) is 18.5 Å². The molecule has 100 valence electrons. The minimum Gasteiger partial charge on any atom is -0.358 e. The summed E-state index contributed by atoms with van der Waals surface area (Å²) in [6.07, 6.45) is 2.75. The second-order valence-electron chi connectivity index (χ2n) is 4.13. The third-order valence-corrected chi connectivity index (χ3v) is 2.50. The lowest BCUT2D eigenvalue weighted by Gasteiger charge is -2.15. The van der Waals surface area contributed by atoms with E-state index in [1.54, 1.807) is 20.2 Å². The summed E-state index contributed by atoms with van der Waals surface area (Å²) in [4.78, 5) is 20.0. The van der Waals surface area contributed by atoms with E-state index in [1.165, 1.54) is 0 Å². The zero-order chi connectivity index (χ0) is 13.5. The fourth-order valence-electron chi connectivity index (χ4n) is 1.40. The molecule has 1 aromatic heterocycles. The minimum absolute atomic E-state index is 0.0731. The molecular formula is C12H21N5O. The Hall–Kier alpha value is -1.85. The predicted molar refractivity (Wildman–Crippen MR) is 72.7 cm³/mol. The van der Waals surface area contributed by atoms with E-state index in [4.69, 9.17) is 0 Å². The first kappa shape index (κ1) is 14.2. The summed E-state index contributed by atoms with van der Waals surface area (Å²) < 4.78 is 0. The molecule has 6 heteroatoms. The van der Waals surface area contributed by atoms with Gasteiger partial charge in [0.1, 0.15) is 11.9 Å². The first-order valence-electron chi connectivity index (χ1n) is 6.14. The lowest BCUT2D eigenvalue weighted by atomic mass is 10.3. The van der Waals surface area contributed by atoms with Crippen molar-refractivity contribution < 1.29 is 4.79 Å². The maximum absolute atomic E-state index is 11.5. The Morgan fingerprint density at radius 2 is 2.22 bits per heavy atom. The molecule has 18 heavy (non-hydrogen) atoms. The molecule has 0 fully saturated rings.